The molecule has 0 aliphatic heterocycles. The van der Waals surface area contributed by atoms with Gasteiger partial charge >= 0.3 is 5.97 Å². The number of aliphatic carboxylic acids is 1. The average Bonchev–Trinajstić information content (AvgIpc) is 2.37. The van der Waals surface area contributed by atoms with Crippen LogP contribution in [0.5, 0.6) is 0 Å². The van der Waals surface area contributed by atoms with Gasteiger partial charge < -0.3 is 5.11 Å². The summed E-state index contributed by atoms with van der Waals surface area (Å²) < 4.78 is 1.30. The first-order chi connectivity index (χ1) is 9.16. The number of H-pyrrole nitrogens is 1. The maximum atomic E-state index is 11.9. The van der Waals surface area contributed by atoms with Crippen LogP contribution in [0.25, 0.3) is 0 Å². The zero-order valence-corrected chi connectivity index (χ0v) is 12.4. The molecule has 1 aromatic rings. The molecule has 20 heavy (non-hydrogen) atoms. The van der Waals surface area contributed by atoms with Gasteiger partial charge in [-0.2, -0.15) is 0 Å². The third-order valence-corrected chi connectivity index (χ3v) is 3.72. The zero-order chi connectivity index (χ0) is 15.5. The molecule has 112 valence electrons. The lowest BCUT2D eigenvalue weighted by atomic mass is 9.87. The first-order valence-electron chi connectivity index (χ1n) is 6.70. The number of rotatable bonds is 6. The summed E-state index contributed by atoms with van der Waals surface area (Å²) in [6.45, 7) is 7.01. The van der Waals surface area contributed by atoms with Crippen LogP contribution in [-0.2, 0) is 11.3 Å². The van der Waals surface area contributed by atoms with E-state index in [0.717, 1.165) is 0 Å². The van der Waals surface area contributed by atoms with Crippen molar-refractivity contribution in [2.24, 2.45) is 5.41 Å². The molecule has 0 unspecified atom stereocenters. The first kappa shape index (κ1) is 16.2. The molecule has 0 spiro atoms. The Kier molecular flexibility index (Phi) is 4.92. The third kappa shape index (κ3) is 3.59. The van der Waals surface area contributed by atoms with Crippen molar-refractivity contribution < 1.29 is 9.90 Å². The normalized spacial score (nSPS) is 11.6. The van der Waals surface area contributed by atoms with Gasteiger partial charge in [0.1, 0.15) is 0 Å². The predicted octanol–water partition coefficient (Wildman–Crippen LogP) is 1.43. The summed E-state index contributed by atoms with van der Waals surface area (Å²) in [6, 6.07) is 0. The molecule has 1 heterocycles. The highest BCUT2D eigenvalue weighted by molar-refractivity contribution is 5.73. The van der Waals surface area contributed by atoms with Gasteiger partial charge in [0.15, 0.2) is 0 Å². The van der Waals surface area contributed by atoms with Gasteiger partial charge in [-0.05, 0) is 40.5 Å². The fraction of sp³-hybridized carbons (Fsp3) is 0.643. The number of hydrogen-bond donors (Lipinski definition) is 2. The predicted molar refractivity (Wildman–Crippen MR) is 76.1 cm³/mol. The minimum absolute atomic E-state index is 0.195. The van der Waals surface area contributed by atoms with Gasteiger partial charge in [0.25, 0.3) is 11.1 Å². The minimum Gasteiger partial charge on any atom is -0.481 e. The number of nitrogens with zero attached hydrogens (tertiary/aromatic N) is 1. The van der Waals surface area contributed by atoms with E-state index < -0.39 is 11.4 Å². The van der Waals surface area contributed by atoms with Crippen LogP contribution in [0.3, 0.4) is 0 Å². The van der Waals surface area contributed by atoms with Crippen LogP contribution in [0.15, 0.2) is 9.59 Å². The Morgan fingerprint density at radius 1 is 1.20 bits per heavy atom. The summed E-state index contributed by atoms with van der Waals surface area (Å²) in [6.07, 6.45) is 1.86. The molecular weight excluding hydrogens is 260 g/mol. The monoisotopic (exact) mass is 282 g/mol. The van der Waals surface area contributed by atoms with Gasteiger partial charge in [0.2, 0.25) is 0 Å². The molecule has 2 N–H and O–H groups in total. The van der Waals surface area contributed by atoms with Crippen molar-refractivity contribution in [3.63, 3.8) is 0 Å². The largest absolute Gasteiger partial charge is 0.481 e. The van der Waals surface area contributed by atoms with E-state index in [2.05, 4.69) is 5.10 Å². The highest BCUT2D eigenvalue weighted by Gasteiger charge is 2.26. The quantitative estimate of drug-likeness (QED) is 0.772. The maximum absolute atomic E-state index is 11.9. The number of carboxylic acids is 1. The molecule has 0 bridgehead atoms. The lowest BCUT2D eigenvalue weighted by Gasteiger charge is -2.18. The van der Waals surface area contributed by atoms with Crippen LogP contribution >= 0.6 is 0 Å². The standard InChI is InChI=1S/C14H22N2O4/c1-9-10(2)12(18)16(15-11(9)17)8-6-5-7-14(3,4)13(19)20/h5-8H2,1-4H3,(H,15,17)(H,19,20). The third-order valence-electron chi connectivity index (χ3n) is 3.72. The molecule has 6 heteroatoms. The number of aromatic amines is 1. The van der Waals surface area contributed by atoms with Crippen LogP contribution in [0.1, 0.15) is 44.2 Å². The van der Waals surface area contributed by atoms with Crippen molar-refractivity contribution in [3.8, 4) is 0 Å². The molecule has 1 rings (SSSR count). The summed E-state index contributed by atoms with van der Waals surface area (Å²) in [5.74, 6) is -0.825. The van der Waals surface area contributed by atoms with Gasteiger partial charge in [0.05, 0.1) is 5.41 Å². The van der Waals surface area contributed by atoms with E-state index in [1.807, 2.05) is 0 Å². The summed E-state index contributed by atoms with van der Waals surface area (Å²) in [4.78, 5) is 34.5. The number of carbonyl (C=O) groups is 1. The number of aryl methyl sites for hydroxylation is 1. The van der Waals surface area contributed by atoms with Gasteiger partial charge in [-0.1, -0.05) is 6.42 Å². The van der Waals surface area contributed by atoms with E-state index >= 15 is 0 Å². The van der Waals surface area contributed by atoms with E-state index in [4.69, 9.17) is 5.11 Å². The Labute approximate surface area is 117 Å². The van der Waals surface area contributed by atoms with Crippen LogP contribution in [0.2, 0.25) is 0 Å². The lowest BCUT2D eigenvalue weighted by Crippen LogP contribution is -2.33. The molecule has 6 nitrogen and oxygen atoms in total. The molecule has 0 saturated heterocycles. The topological polar surface area (TPSA) is 92.2 Å². The summed E-state index contributed by atoms with van der Waals surface area (Å²) in [5.41, 5.74) is -0.313. The maximum Gasteiger partial charge on any atom is 0.309 e. The number of hydrogen-bond acceptors (Lipinski definition) is 3. The Bertz CT molecular complexity index is 611. The minimum atomic E-state index is -0.825. The fourth-order valence-electron chi connectivity index (χ4n) is 1.89. The van der Waals surface area contributed by atoms with Gasteiger partial charge in [-0.3, -0.25) is 24.2 Å². The Balaban J connectivity index is 2.67. The smallest absolute Gasteiger partial charge is 0.309 e. The Hall–Kier alpha value is -1.85. The van der Waals surface area contributed by atoms with E-state index in [9.17, 15) is 14.4 Å². The molecule has 0 aliphatic rings. The number of unbranched alkanes of at least 4 members (excludes halogenated alkanes) is 1. The van der Waals surface area contributed by atoms with E-state index in [-0.39, 0.29) is 11.1 Å². The summed E-state index contributed by atoms with van der Waals surface area (Å²) in [5, 5.41) is 11.5. The van der Waals surface area contributed by atoms with Gasteiger partial charge in [-0.15, -0.1) is 0 Å². The summed E-state index contributed by atoms with van der Waals surface area (Å²) >= 11 is 0. The molecule has 1 aromatic heterocycles. The average molecular weight is 282 g/mol. The molecule has 0 aliphatic carbocycles. The van der Waals surface area contributed by atoms with E-state index in [1.54, 1.807) is 27.7 Å². The second kappa shape index (κ2) is 6.07. The van der Waals surface area contributed by atoms with Gasteiger partial charge in [0, 0.05) is 17.7 Å². The van der Waals surface area contributed by atoms with Crippen molar-refractivity contribution in [1.82, 2.24) is 9.78 Å². The number of carboxylic acid groups (broad SMARTS) is 1. The number of nitrogens with one attached hydrogen (secondary N) is 1. The fourth-order valence-corrected chi connectivity index (χ4v) is 1.89. The van der Waals surface area contributed by atoms with Crippen LogP contribution < -0.4 is 11.1 Å². The Morgan fingerprint density at radius 3 is 2.35 bits per heavy atom. The number of aromatic nitrogens is 2. The van der Waals surface area contributed by atoms with Crippen LogP contribution in [0.4, 0.5) is 0 Å². The highest BCUT2D eigenvalue weighted by atomic mass is 16.4. The van der Waals surface area contributed by atoms with Crippen molar-refractivity contribution >= 4 is 5.97 Å². The molecule has 0 radical (unpaired) electrons. The van der Waals surface area contributed by atoms with Crippen molar-refractivity contribution in [3.05, 3.63) is 31.8 Å². The zero-order valence-electron chi connectivity index (χ0n) is 12.4. The highest BCUT2D eigenvalue weighted by Crippen LogP contribution is 2.23. The Morgan fingerprint density at radius 2 is 1.80 bits per heavy atom. The van der Waals surface area contributed by atoms with Gasteiger partial charge in [-0.25, -0.2) is 0 Å². The van der Waals surface area contributed by atoms with Crippen molar-refractivity contribution in [1.29, 1.82) is 0 Å². The molecule has 0 fully saturated rings. The molecule has 0 atom stereocenters. The lowest BCUT2D eigenvalue weighted by molar-refractivity contribution is -0.147. The second-order valence-electron chi connectivity index (χ2n) is 5.79. The molecular formula is C14H22N2O4. The van der Waals surface area contributed by atoms with Crippen molar-refractivity contribution in [2.45, 2.75) is 53.5 Å². The van der Waals surface area contributed by atoms with Crippen LogP contribution in [0, 0.1) is 19.3 Å². The molecule has 0 aromatic carbocycles. The molecule has 0 amide bonds. The van der Waals surface area contributed by atoms with Crippen LogP contribution in [-0.4, -0.2) is 20.9 Å². The summed E-state index contributed by atoms with van der Waals surface area (Å²) in [7, 11) is 0. The second-order valence-corrected chi connectivity index (χ2v) is 5.79. The van der Waals surface area contributed by atoms with E-state index in [1.165, 1.54) is 4.68 Å². The molecule has 0 saturated carbocycles. The van der Waals surface area contributed by atoms with E-state index in [0.29, 0.717) is 36.9 Å². The SMILES string of the molecule is Cc1c(C)c(=O)n(CCCCC(C)(C)C(=O)O)[nH]c1=O. The first-order valence-corrected chi connectivity index (χ1v) is 6.70. The van der Waals surface area contributed by atoms with Crippen molar-refractivity contribution in [2.75, 3.05) is 0 Å².